The average Bonchev–Trinajstić information content (AvgIpc) is 3.16. The van der Waals surface area contributed by atoms with Crippen LogP contribution in [0.3, 0.4) is 0 Å². The summed E-state index contributed by atoms with van der Waals surface area (Å²) in [6.07, 6.45) is 0.105. The molecule has 0 atom stereocenters. The van der Waals surface area contributed by atoms with Crippen LogP contribution in [0.5, 0.6) is 5.75 Å². The highest BCUT2D eigenvalue weighted by atomic mass is 16.6. The molecule has 0 aliphatic heterocycles. The van der Waals surface area contributed by atoms with E-state index in [0.29, 0.717) is 11.3 Å². The van der Waals surface area contributed by atoms with Crippen LogP contribution >= 0.6 is 0 Å². The second-order valence-corrected chi connectivity index (χ2v) is 5.49. The third-order valence-electron chi connectivity index (χ3n) is 3.66. The van der Waals surface area contributed by atoms with Crippen LogP contribution in [0.2, 0.25) is 0 Å². The number of aromatic nitrogens is 2. The van der Waals surface area contributed by atoms with Crippen molar-refractivity contribution in [2.45, 2.75) is 13.0 Å². The van der Waals surface area contributed by atoms with Gasteiger partial charge in [-0.1, -0.05) is 12.1 Å². The van der Waals surface area contributed by atoms with Crippen LogP contribution < -0.4 is 4.74 Å². The zero-order valence-corrected chi connectivity index (χ0v) is 14.3. The maximum absolute atomic E-state index is 11.9. The second-order valence-electron chi connectivity index (χ2n) is 5.49. The first kappa shape index (κ1) is 18.1. The van der Waals surface area contributed by atoms with E-state index >= 15 is 0 Å². The quantitative estimate of drug-likeness (QED) is 0.354. The lowest BCUT2D eigenvalue weighted by molar-refractivity contribution is -0.384. The number of benzene rings is 2. The van der Waals surface area contributed by atoms with Crippen molar-refractivity contribution in [3.63, 3.8) is 0 Å². The largest absolute Gasteiger partial charge is 0.497 e. The minimum atomic E-state index is -0.495. The fourth-order valence-electron chi connectivity index (χ4n) is 2.26. The monoisotopic (exact) mass is 369 g/mol. The second kappa shape index (κ2) is 8.09. The molecule has 27 heavy (non-hydrogen) atoms. The van der Waals surface area contributed by atoms with Crippen LogP contribution in [-0.4, -0.2) is 28.2 Å². The minimum absolute atomic E-state index is 0.0362. The van der Waals surface area contributed by atoms with Gasteiger partial charge in [-0.2, -0.15) is 0 Å². The highest BCUT2D eigenvalue weighted by Crippen LogP contribution is 2.21. The number of rotatable bonds is 7. The molecule has 0 aliphatic rings. The first-order valence-electron chi connectivity index (χ1n) is 7.91. The van der Waals surface area contributed by atoms with E-state index in [-0.39, 0.29) is 30.5 Å². The summed E-state index contributed by atoms with van der Waals surface area (Å²) in [4.78, 5) is 22.1. The Hall–Kier alpha value is -3.75. The molecule has 3 rings (SSSR count). The minimum Gasteiger partial charge on any atom is -0.497 e. The Labute approximate surface area is 153 Å². The normalized spacial score (nSPS) is 10.4. The van der Waals surface area contributed by atoms with Crippen molar-refractivity contribution < 1.29 is 23.6 Å². The van der Waals surface area contributed by atoms with Gasteiger partial charge in [0.05, 0.1) is 18.5 Å². The summed E-state index contributed by atoms with van der Waals surface area (Å²) in [6.45, 7) is -0.158. The number of carbonyl (C=O) groups is 1. The number of carbonyl (C=O) groups excluding carboxylic acids is 1. The van der Waals surface area contributed by atoms with E-state index in [1.807, 2.05) is 0 Å². The lowest BCUT2D eigenvalue weighted by Crippen LogP contribution is -2.08. The smallest absolute Gasteiger partial charge is 0.310 e. The van der Waals surface area contributed by atoms with Crippen LogP contribution in [-0.2, 0) is 22.6 Å². The topological polar surface area (TPSA) is 118 Å². The van der Waals surface area contributed by atoms with E-state index in [4.69, 9.17) is 13.9 Å². The van der Waals surface area contributed by atoms with E-state index in [1.165, 1.54) is 24.3 Å². The van der Waals surface area contributed by atoms with Crippen LogP contribution in [0.25, 0.3) is 11.5 Å². The van der Waals surface area contributed by atoms with E-state index in [1.54, 1.807) is 31.4 Å². The highest BCUT2D eigenvalue weighted by molar-refractivity contribution is 5.72. The molecule has 0 amide bonds. The zero-order chi connectivity index (χ0) is 19.2. The van der Waals surface area contributed by atoms with Gasteiger partial charge in [0.1, 0.15) is 5.75 Å². The number of hydrogen-bond donors (Lipinski definition) is 0. The number of nitrogens with zero attached hydrogens (tertiary/aromatic N) is 3. The van der Waals surface area contributed by atoms with Crippen LogP contribution in [0.1, 0.15) is 11.5 Å². The van der Waals surface area contributed by atoms with Gasteiger partial charge in [-0.05, 0) is 29.8 Å². The summed E-state index contributed by atoms with van der Waals surface area (Å²) in [5, 5.41) is 18.3. The molecule has 0 saturated heterocycles. The maximum Gasteiger partial charge on any atom is 0.310 e. The van der Waals surface area contributed by atoms with Gasteiger partial charge in [-0.3, -0.25) is 14.9 Å². The van der Waals surface area contributed by atoms with E-state index in [2.05, 4.69) is 10.2 Å². The molecule has 1 heterocycles. The van der Waals surface area contributed by atoms with Crippen LogP contribution in [0, 0.1) is 10.1 Å². The van der Waals surface area contributed by atoms with Crippen molar-refractivity contribution in [3.05, 3.63) is 70.1 Å². The number of hydrogen-bond acceptors (Lipinski definition) is 8. The molecule has 0 spiro atoms. The molecule has 9 nitrogen and oxygen atoms in total. The SMILES string of the molecule is COc1ccc(CC(=O)OCc2nnc(-c3ccc([N+](=O)[O-])cc3)o2)cc1. The molecule has 3 aromatic rings. The molecule has 138 valence electrons. The predicted octanol–water partition coefficient (Wildman–Crippen LogP) is 2.94. The van der Waals surface area contributed by atoms with Crippen molar-refractivity contribution in [3.8, 4) is 17.2 Å². The maximum atomic E-state index is 11.9. The average molecular weight is 369 g/mol. The summed E-state index contributed by atoms with van der Waals surface area (Å²) < 4.78 is 15.6. The van der Waals surface area contributed by atoms with Gasteiger partial charge in [0.25, 0.3) is 11.6 Å². The van der Waals surface area contributed by atoms with Crippen molar-refractivity contribution >= 4 is 11.7 Å². The fourth-order valence-corrected chi connectivity index (χ4v) is 2.26. The molecule has 0 bridgehead atoms. The standard InChI is InChI=1S/C18H15N3O6/c1-25-15-8-2-12(3-9-15)10-17(22)26-11-16-19-20-18(27-16)13-4-6-14(7-5-13)21(23)24/h2-9H,10-11H2,1H3. The van der Waals surface area contributed by atoms with Gasteiger partial charge < -0.3 is 13.9 Å². The molecular weight excluding hydrogens is 354 g/mol. The molecule has 0 aliphatic carbocycles. The summed E-state index contributed by atoms with van der Waals surface area (Å²) >= 11 is 0. The summed E-state index contributed by atoms with van der Waals surface area (Å²) in [7, 11) is 1.57. The van der Waals surface area contributed by atoms with Gasteiger partial charge in [0.15, 0.2) is 6.61 Å². The van der Waals surface area contributed by atoms with Crippen molar-refractivity contribution in [1.82, 2.24) is 10.2 Å². The van der Waals surface area contributed by atoms with Gasteiger partial charge in [-0.15, -0.1) is 10.2 Å². The number of esters is 1. The third kappa shape index (κ3) is 4.66. The Morgan fingerprint density at radius 1 is 1.11 bits per heavy atom. The molecular formula is C18H15N3O6. The number of methoxy groups -OCH3 is 1. The van der Waals surface area contributed by atoms with Crippen molar-refractivity contribution in [1.29, 1.82) is 0 Å². The Morgan fingerprint density at radius 3 is 2.44 bits per heavy atom. The Morgan fingerprint density at radius 2 is 1.81 bits per heavy atom. The van der Waals surface area contributed by atoms with Crippen molar-refractivity contribution in [2.75, 3.05) is 7.11 Å². The predicted molar refractivity (Wildman–Crippen MR) is 92.9 cm³/mol. The lowest BCUT2D eigenvalue weighted by atomic mass is 10.1. The van der Waals surface area contributed by atoms with E-state index in [0.717, 1.165) is 5.56 Å². The van der Waals surface area contributed by atoms with Gasteiger partial charge >= 0.3 is 5.97 Å². The number of nitro benzene ring substituents is 1. The zero-order valence-electron chi connectivity index (χ0n) is 14.3. The first-order chi connectivity index (χ1) is 13.0. The molecule has 9 heteroatoms. The molecule has 1 aromatic heterocycles. The number of non-ortho nitro benzene ring substituents is 1. The molecule has 0 N–H and O–H groups in total. The Kier molecular flexibility index (Phi) is 5.41. The third-order valence-corrected chi connectivity index (χ3v) is 3.66. The van der Waals surface area contributed by atoms with E-state index < -0.39 is 10.9 Å². The van der Waals surface area contributed by atoms with E-state index in [9.17, 15) is 14.9 Å². The number of ether oxygens (including phenoxy) is 2. The summed E-state index contributed by atoms with van der Waals surface area (Å²) in [5.74, 6) is 0.588. The highest BCUT2D eigenvalue weighted by Gasteiger charge is 2.13. The molecule has 0 fully saturated rings. The molecule has 0 radical (unpaired) electrons. The molecule has 2 aromatic carbocycles. The summed E-state index contributed by atoms with van der Waals surface area (Å²) in [6, 6.07) is 12.8. The first-order valence-corrected chi connectivity index (χ1v) is 7.91. The van der Waals surface area contributed by atoms with Gasteiger partial charge in [0, 0.05) is 17.7 Å². The summed E-state index contributed by atoms with van der Waals surface area (Å²) in [5.41, 5.74) is 1.28. The fraction of sp³-hybridized carbons (Fsp3) is 0.167. The Balaban J connectivity index is 1.55. The number of nitro groups is 1. The van der Waals surface area contributed by atoms with Crippen LogP contribution in [0.15, 0.2) is 52.9 Å². The lowest BCUT2D eigenvalue weighted by Gasteiger charge is -2.04. The van der Waals surface area contributed by atoms with Crippen LogP contribution in [0.4, 0.5) is 5.69 Å². The molecule has 0 unspecified atom stereocenters. The van der Waals surface area contributed by atoms with Gasteiger partial charge in [-0.25, -0.2) is 0 Å². The Bertz CT molecular complexity index is 934. The van der Waals surface area contributed by atoms with Gasteiger partial charge in [0.2, 0.25) is 5.89 Å². The van der Waals surface area contributed by atoms with Crippen molar-refractivity contribution in [2.24, 2.45) is 0 Å². The molecule has 0 saturated carbocycles.